The molecule has 0 atom stereocenters. The van der Waals surface area contributed by atoms with Crippen LogP contribution in [0.25, 0.3) is 0 Å². The molecule has 2 heterocycles. The Bertz CT molecular complexity index is 406. The fourth-order valence-electron chi connectivity index (χ4n) is 2.20. The van der Waals surface area contributed by atoms with Crippen molar-refractivity contribution in [3.8, 4) is 0 Å². The molecule has 1 N–H and O–H groups in total. The van der Waals surface area contributed by atoms with E-state index in [-0.39, 0.29) is 0 Å². The molecular formula is C15H25N3S. The maximum absolute atomic E-state index is 4.73. The molecule has 0 aromatic carbocycles. The first-order valence-electron chi connectivity index (χ1n) is 7.20. The van der Waals surface area contributed by atoms with Gasteiger partial charge in [0.15, 0.2) is 0 Å². The first kappa shape index (κ1) is 14.5. The molecule has 1 aliphatic heterocycles. The van der Waals surface area contributed by atoms with Gasteiger partial charge in [-0.1, -0.05) is 26.8 Å². The Balaban J connectivity index is 2.04. The van der Waals surface area contributed by atoms with Gasteiger partial charge < -0.3 is 10.2 Å². The number of hydrogen-bond donors (Lipinski definition) is 1. The van der Waals surface area contributed by atoms with Crippen LogP contribution in [0, 0.1) is 0 Å². The zero-order valence-corrected chi connectivity index (χ0v) is 13.1. The monoisotopic (exact) mass is 279 g/mol. The van der Waals surface area contributed by atoms with E-state index < -0.39 is 0 Å². The predicted octanol–water partition coefficient (Wildman–Crippen LogP) is 3.63. The van der Waals surface area contributed by atoms with E-state index in [0.29, 0.717) is 4.75 Å². The van der Waals surface area contributed by atoms with Gasteiger partial charge in [0.25, 0.3) is 0 Å². The molecule has 106 valence electrons. The van der Waals surface area contributed by atoms with Crippen molar-refractivity contribution in [1.82, 2.24) is 4.98 Å². The molecule has 1 aliphatic rings. The zero-order valence-electron chi connectivity index (χ0n) is 12.3. The second-order valence-corrected chi connectivity index (χ2v) is 7.46. The molecule has 0 amide bonds. The summed E-state index contributed by atoms with van der Waals surface area (Å²) in [7, 11) is 0. The number of aromatic nitrogens is 1. The van der Waals surface area contributed by atoms with E-state index in [0.717, 1.165) is 37.7 Å². The van der Waals surface area contributed by atoms with E-state index in [4.69, 9.17) is 4.98 Å². The molecule has 1 aromatic rings. The third kappa shape index (κ3) is 4.30. The summed E-state index contributed by atoms with van der Waals surface area (Å²) in [5.41, 5.74) is 0. The van der Waals surface area contributed by atoms with Gasteiger partial charge in [0.1, 0.15) is 11.6 Å². The Labute approximate surface area is 121 Å². The van der Waals surface area contributed by atoms with Crippen LogP contribution in [0.15, 0.2) is 18.2 Å². The number of anilines is 2. The van der Waals surface area contributed by atoms with E-state index in [1.807, 2.05) is 0 Å². The minimum absolute atomic E-state index is 0.396. The second-order valence-electron chi connectivity index (χ2n) is 5.65. The smallest absolute Gasteiger partial charge is 0.130 e. The van der Waals surface area contributed by atoms with Crippen molar-refractivity contribution in [3.05, 3.63) is 18.2 Å². The summed E-state index contributed by atoms with van der Waals surface area (Å²) < 4.78 is 0.396. The number of nitrogens with one attached hydrogen (secondary N) is 1. The second kappa shape index (κ2) is 6.51. The van der Waals surface area contributed by atoms with E-state index in [2.05, 4.69) is 60.9 Å². The molecule has 1 saturated heterocycles. The molecule has 4 heteroatoms. The summed E-state index contributed by atoms with van der Waals surface area (Å²) in [5, 5.41) is 3.36. The van der Waals surface area contributed by atoms with Gasteiger partial charge in [0, 0.05) is 30.1 Å². The average molecular weight is 279 g/mol. The number of pyridine rings is 1. The van der Waals surface area contributed by atoms with Gasteiger partial charge >= 0.3 is 0 Å². The third-order valence-corrected chi connectivity index (χ3v) is 4.82. The Morgan fingerprint density at radius 1 is 1.37 bits per heavy atom. The molecule has 0 spiro atoms. The first-order chi connectivity index (χ1) is 9.11. The van der Waals surface area contributed by atoms with E-state index in [9.17, 15) is 0 Å². The lowest BCUT2D eigenvalue weighted by Crippen LogP contribution is -2.27. The van der Waals surface area contributed by atoms with Crippen molar-refractivity contribution in [2.45, 2.75) is 38.4 Å². The van der Waals surface area contributed by atoms with Crippen molar-refractivity contribution < 1.29 is 0 Å². The summed E-state index contributed by atoms with van der Waals surface area (Å²) in [6.07, 6.45) is 2.34. The first-order valence-corrected chi connectivity index (χ1v) is 8.19. The minimum Gasteiger partial charge on any atom is -0.370 e. The lowest BCUT2D eigenvalue weighted by Gasteiger charge is -2.23. The Morgan fingerprint density at radius 2 is 2.21 bits per heavy atom. The average Bonchev–Trinajstić information content (AvgIpc) is 2.58. The van der Waals surface area contributed by atoms with Crippen LogP contribution < -0.4 is 10.2 Å². The molecule has 19 heavy (non-hydrogen) atoms. The van der Waals surface area contributed by atoms with Crippen LogP contribution in [0.2, 0.25) is 0 Å². The van der Waals surface area contributed by atoms with Crippen LogP contribution in [0.1, 0.15) is 33.6 Å². The Hall–Kier alpha value is -0.900. The van der Waals surface area contributed by atoms with Crippen LogP contribution in [-0.4, -0.2) is 35.1 Å². The fraction of sp³-hybridized carbons (Fsp3) is 0.667. The van der Waals surface area contributed by atoms with Crippen LogP contribution in [0.4, 0.5) is 11.6 Å². The molecule has 1 aromatic heterocycles. The lowest BCUT2D eigenvalue weighted by molar-refractivity contribution is 0.635. The van der Waals surface area contributed by atoms with Gasteiger partial charge in [0.2, 0.25) is 0 Å². The van der Waals surface area contributed by atoms with Gasteiger partial charge in [-0.05, 0) is 25.0 Å². The van der Waals surface area contributed by atoms with Gasteiger partial charge in [-0.2, -0.15) is 11.8 Å². The number of rotatable bonds is 4. The highest BCUT2D eigenvalue weighted by Crippen LogP contribution is 2.32. The highest BCUT2D eigenvalue weighted by molar-refractivity contribution is 8.00. The van der Waals surface area contributed by atoms with E-state index >= 15 is 0 Å². The standard InChI is InChI=1S/C15H25N3S/c1-4-9-16-13-6-5-7-14(17-13)18-10-8-15(2,3)19-12-11-18/h5-7H,4,8-12H2,1-3H3,(H,16,17). The van der Waals surface area contributed by atoms with Crippen LogP contribution in [0.3, 0.4) is 0 Å². The normalized spacial score (nSPS) is 19.0. The van der Waals surface area contributed by atoms with Crippen LogP contribution in [-0.2, 0) is 0 Å². The molecule has 3 nitrogen and oxygen atoms in total. The highest BCUT2D eigenvalue weighted by Gasteiger charge is 2.24. The zero-order chi connectivity index (χ0) is 13.7. The summed E-state index contributed by atoms with van der Waals surface area (Å²) in [5.74, 6) is 3.29. The number of thioether (sulfide) groups is 1. The van der Waals surface area contributed by atoms with Crippen molar-refractivity contribution in [2.24, 2.45) is 0 Å². The third-order valence-electron chi connectivity index (χ3n) is 3.45. The van der Waals surface area contributed by atoms with Crippen molar-refractivity contribution >= 4 is 23.4 Å². The van der Waals surface area contributed by atoms with E-state index in [1.165, 1.54) is 12.2 Å². The van der Waals surface area contributed by atoms with Gasteiger partial charge in [-0.25, -0.2) is 4.98 Å². The minimum atomic E-state index is 0.396. The highest BCUT2D eigenvalue weighted by atomic mass is 32.2. The maximum atomic E-state index is 4.73. The summed E-state index contributed by atoms with van der Waals surface area (Å²) >= 11 is 2.07. The SMILES string of the molecule is CCCNc1cccc(N2CCSC(C)(C)CC2)n1. The van der Waals surface area contributed by atoms with Crippen molar-refractivity contribution in [1.29, 1.82) is 0 Å². The topological polar surface area (TPSA) is 28.2 Å². The predicted molar refractivity (Wildman–Crippen MR) is 86.4 cm³/mol. The van der Waals surface area contributed by atoms with Gasteiger partial charge in [-0.3, -0.25) is 0 Å². The van der Waals surface area contributed by atoms with Gasteiger partial charge in [0.05, 0.1) is 0 Å². The van der Waals surface area contributed by atoms with Crippen molar-refractivity contribution in [2.75, 3.05) is 35.6 Å². The van der Waals surface area contributed by atoms with Crippen molar-refractivity contribution in [3.63, 3.8) is 0 Å². The molecule has 0 radical (unpaired) electrons. The van der Waals surface area contributed by atoms with Crippen LogP contribution >= 0.6 is 11.8 Å². The molecule has 0 aliphatic carbocycles. The van der Waals surface area contributed by atoms with Crippen LogP contribution in [0.5, 0.6) is 0 Å². The molecule has 0 bridgehead atoms. The number of hydrogen-bond acceptors (Lipinski definition) is 4. The fourth-order valence-corrected chi connectivity index (χ4v) is 3.30. The summed E-state index contributed by atoms with van der Waals surface area (Å²) in [6.45, 7) is 10.0. The quantitative estimate of drug-likeness (QED) is 0.911. The van der Waals surface area contributed by atoms with E-state index in [1.54, 1.807) is 0 Å². The molecule has 1 fully saturated rings. The molecular weight excluding hydrogens is 254 g/mol. The Kier molecular flexibility index (Phi) is 4.97. The molecule has 0 unspecified atom stereocenters. The molecule has 0 saturated carbocycles. The Morgan fingerprint density at radius 3 is 3.00 bits per heavy atom. The summed E-state index contributed by atoms with van der Waals surface area (Å²) in [6, 6.07) is 6.28. The largest absolute Gasteiger partial charge is 0.370 e. The van der Waals surface area contributed by atoms with Gasteiger partial charge in [-0.15, -0.1) is 0 Å². The maximum Gasteiger partial charge on any atom is 0.130 e. The number of nitrogens with zero attached hydrogens (tertiary/aromatic N) is 2. The lowest BCUT2D eigenvalue weighted by atomic mass is 10.1. The molecule has 2 rings (SSSR count). The summed E-state index contributed by atoms with van der Waals surface area (Å²) in [4.78, 5) is 7.14.